The Morgan fingerprint density at radius 2 is 1.92 bits per heavy atom. The van der Waals surface area contributed by atoms with Crippen LogP contribution in [0.3, 0.4) is 0 Å². The van der Waals surface area contributed by atoms with E-state index in [-0.39, 0.29) is 5.92 Å². The molecule has 3 heterocycles. The molecular weight excluding hydrogens is 493 g/mol. The molecule has 2 saturated heterocycles. The van der Waals surface area contributed by atoms with Gasteiger partial charge in [-0.05, 0) is 71.7 Å². The van der Waals surface area contributed by atoms with Crippen LogP contribution in [0.1, 0.15) is 79.1 Å². The van der Waals surface area contributed by atoms with E-state index in [4.69, 9.17) is 14.5 Å². The van der Waals surface area contributed by atoms with Crippen LogP contribution in [-0.4, -0.2) is 73.5 Å². The van der Waals surface area contributed by atoms with Gasteiger partial charge in [0.05, 0.1) is 19.3 Å². The molecule has 3 aliphatic rings. The number of aliphatic imine (C=N–C) groups is 1. The minimum atomic E-state index is -4.40. The van der Waals surface area contributed by atoms with Crippen molar-refractivity contribution in [3.63, 3.8) is 0 Å². The second kappa shape index (κ2) is 13.9. The summed E-state index contributed by atoms with van der Waals surface area (Å²) in [5.41, 5.74) is 1.12. The first-order chi connectivity index (χ1) is 18.1. The van der Waals surface area contributed by atoms with Crippen LogP contribution < -0.4 is 5.32 Å². The van der Waals surface area contributed by atoms with Gasteiger partial charge in [0.25, 0.3) is 0 Å². The van der Waals surface area contributed by atoms with Crippen LogP contribution in [0, 0.1) is 5.92 Å². The number of piperidine rings is 1. The van der Waals surface area contributed by atoms with Crippen molar-refractivity contribution < 1.29 is 22.6 Å². The Balaban J connectivity index is 1.84. The minimum absolute atomic E-state index is 0.247. The van der Waals surface area contributed by atoms with Gasteiger partial charge in [0.1, 0.15) is 17.3 Å². The van der Waals surface area contributed by atoms with Crippen molar-refractivity contribution in [2.24, 2.45) is 10.9 Å². The summed E-state index contributed by atoms with van der Waals surface area (Å²) < 4.78 is 50.3. The molecule has 0 saturated carbocycles. The predicted molar refractivity (Wildman–Crippen MR) is 147 cm³/mol. The Hall–Kier alpha value is -2.00. The third-order valence-electron chi connectivity index (χ3n) is 7.91. The predicted octanol–water partition coefficient (Wildman–Crippen LogP) is 6.38. The Bertz CT molecular complexity index is 887. The quantitative estimate of drug-likeness (QED) is 0.217. The molecule has 0 amide bonds. The lowest BCUT2D eigenvalue weighted by atomic mass is 9.93. The van der Waals surface area contributed by atoms with E-state index in [1.165, 1.54) is 5.57 Å². The van der Waals surface area contributed by atoms with E-state index in [0.717, 1.165) is 77.1 Å². The monoisotopic (exact) mass is 540 g/mol. The molecule has 1 N–H and O–H groups in total. The summed E-state index contributed by atoms with van der Waals surface area (Å²) in [7, 11) is 1.99. The fourth-order valence-electron chi connectivity index (χ4n) is 5.34. The SMILES string of the molecule is CC/C=C(/C)CC/C=C\NC1(C)/C(=C(\CCCC)OCC(F)(F)F)N=C(C2CCN(C3COC3)CC2)N1C. The number of nitrogens with zero attached hydrogens (tertiary/aromatic N) is 3. The van der Waals surface area contributed by atoms with Crippen molar-refractivity contribution in [3.8, 4) is 0 Å². The van der Waals surface area contributed by atoms with Crippen LogP contribution in [0.5, 0.6) is 0 Å². The van der Waals surface area contributed by atoms with Crippen molar-refractivity contribution in [1.82, 2.24) is 15.1 Å². The van der Waals surface area contributed by atoms with Crippen LogP contribution in [0.15, 0.2) is 40.4 Å². The molecule has 0 aromatic carbocycles. The van der Waals surface area contributed by atoms with E-state index in [0.29, 0.717) is 23.9 Å². The summed E-state index contributed by atoms with van der Waals surface area (Å²) >= 11 is 0. The fourth-order valence-corrected chi connectivity index (χ4v) is 5.34. The largest absolute Gasteiger partial charge is 0.486 e. The Morgan fingerprint density at radius 1 is 1.21 bits per heavy atom. The number of unbranched alkanes of at least 4 members (excludes halogenated alkanes) is 1. The van der Waals surface area contributed by atoms with Crippen molar-refractivity contribution >= 4 is 5.84 Å². The van der Waals surface area contributed by atoms with Crippen molar-refractivity contribution in [1.29, 1.82) is 0 Å². The van der Waals surface area contributed by atoms with E-state index in [2.05, 4.69) is 41.1 Å². The normalized spacial score (nSPS) is 25.6. The number of ether oxygens (including phenoxy) is 2. The van der Waals surface area contributed by atoms with E-state index < -0.39 is 18.4 Å². The van der Waals surface area contributed by atoms with Crippen LogP contribution >= 0.6 is 0 Å². The van der Waals surface area contributed by atoms with Gasteiger partial charge in [0, 0.05) is 19.4 Å². The van der Waals surface area contributed by atoms with Crippen LogP contribution in [0.2, 0.25) is 0 Å². The van der Waals surface area contributed by atoms with Gasteiger partial charge < -0.3 is 19.7 Å². The zero-order chi connectivity index (χ0) is 27.8. The zero-order valence-electron chi connectivity index (χ0n) is 23.9. The van der Waals surface area contributed by atoms with Gasteiger partial charge in [0.15, 0.2) is 12.3 Å². The zero-order valence-corrected chi connectivity index (χ0v) is 23.9. The van der Waals surface area contributed by atoms with Crippen LogP contribution in [0.4, 0.5) is 13.2 Å². The van der Waals surface area contributed by atoms with Crippen LogP contribution in [-0.2, 0) is 9.47 Å². The molecule has 0 spiro atoms. The fraction of sp³-hybridized carbons (Fsp3) is 0.759. The van der Waals surface area contributed by atoms with Gasteiger partial charge in [-0.3, -0.25) is 4.90 Å². The molecule has 38 heavy (non-hydrogen) atoms. The average molecular weight is 541 g/mol. The number of nitrogens with one attached hydrogen (secondary N) is 1. The molecule has 0 bridgehead atoms. The summed E-state index contributed by atoms with van der Waals surface area (Å²) in [6.07, 6.45) is 8.69. The second-order valence-corrected chi connectivity index (χ2v) is 10.9. The summed E-state index contributed by atoms with van der Waals surface area (Å²) in [4.78, 5) is 9.64. The van der Waals surface area contributed by atoms with Gasteiger partial charge in [-0.1, -0.05) is 38.0 Å². The molecule has 216 valence electrons. The standard InChI is InChI=1S/C29H47F3N4O2/c1-6-8-13-25(38-21-29(30,31)32)26-28(4,33-16-10-9-12-22(3)11-7-2)35(5)27(34-26)23-14-17-36(18-15-23)24-19-37-20-24/h10-11,16,23-24,33H,6-9,12-15,17-21H2,1-5H3/b16-10-,22-11-,26-25-. The lowest BCUT2D eigenvalue weighted by Crippen LogP contribution is -2.56. The molecule has 0 aromatic rings. The highest BCUT2D eigenvalue weighted by atomic mass is 19.4. The average Bonchev–Trinajstić information content (AvgIpc) is 3.09. The van der Waals surface area contributed by atoms with E-state index in [1.807, 2.05) is 27.1 Å². The Morgan fingerprint density at radius 3 is 2.50 bits per heavy atom. The number of allylic oxidation sites excluding steroid dienone is 4. The topological polar surface area (TPSA) is 49.3 Å². The maximum absolute atomic E-state index is 13.2. The minimum Gasteiger partial charge on any atom is -0.486 e. The lowest BCUT2D eigenvalue weighted by Gasteiger charge is -2.43. The highest BCUT2D eigenvalue weighted by Gasteiger charge is 2.46. The van der Waals surface area contributed by atoms with Gasteiger partial charge in [-0.15, -0.1) is 0 Å². The first kappa shape index (κ1) is 30.5. The first-order valence-corrected chi connectivity index (χ1v) is 14.2. The molecule has 1 atom stereocenters. The molecule has 3 rings (SSSR count). The van der Waals surface area contributed by atoms with E-state index >= 15 is 0 Å². The number of rotatable bonds is 13. The molecule has 1 unspecified atom stereocenters. The van der Waals surface area contributed by atoms with Gasteiger partial charge >= 0.3 is 6.18 Å². The number of amidine groups is 1. The third-order valence-corrected chi connectivity index (χ3v) is 7.91. The maximum Gasteiger partial charge on any atom is 0.422 e. The Kier molecular flexibility index (Phi) is 11.2. The molecule has 0 aromatic heterocycles. The molecule has 3 aliphatic heterocycles. The van der Waals surface area contributed by atoms with Gasteiger partial charge in [0.2, 0.25) is 0 Å². The summed E-state index contributed by atoms with van der Waals surface area (Å²) in [6.45, 7) is 10.5. The first-order valence-electron chi connectivity index (χ1n) is 14.2. The molecule has 6 nitrogen and oxygen atoms in total. The molecule has 9 heteroatoms. The number of likely N-dealkylation sites (tertiary alicyclic amines) is 1. The highest BCUT2D eigenvalue weighted by Crippen LogP contribution is 2.38. The molecule has 2 fully saturated rings. The van der Waals surface area contributed by atoms with Crippen LogP contribution in [0.25, 0.3) is 0 Å². The lowest BCUT2D eigenvalue weighted by molar-refractivity contribution is -0.165. The smallest absolute Gasteiger partial charge is 0.422 e. The molecule has 0 aliphatic carbocycles. The van der Waals surface area contributed by atoms with Crippen molar-refractivity contribution in [2.75, 3.05) is 40.0 Å². The number of halogens is 3. The third kappa shape index (κ3) is 8.01. The number of alkyl halides is 3. The Labute approximate surface area is 227 Å². The number of hydrogen-bond acceptors (Lipinski definition) is 6. The van der Waals surface area contributed by atoms with Gasteiger partial charge in [-0.2, -0.15) is 13.2 Å². The molecular formula is C29H47F3N4O2. The van der Waals surface area contributed by atoms with Crippen molar-refractivity contribution in [2.45, 2.75) is 96.9 Å². The number of likely N-dealkylation sites (N-methyl/N-ethyl adjacent to an activating group) is 1. The summed E-state index contributed by atoms with van der Waals surface area (Å²) in [6, 6.07) is 0.513. The molecule has 0 radical (unpaired) electrons. The number of hydrogen-bond donors (Lipinski definition) is 1. The van der Waals surface area contributed by atoms with E-state index in [1.54, 1.807) is 0 Å². The van der Waals surface area contributed by atoms with Crippen molar-refractivity contribution in [3.05, 3.63) is 35.4 Å². The highest BCUT2D eigenvalue weighted by molar-refractivity contribution is 5.89. The summed E-state index contributed by atoms with van der Waals surface area (Å²) in [5.74, 6) is 1.51. The van der Waals surface area contributed by atoms with Gasteiger partial charge in [-0.25, -0.2) is 4.99 Å². The maximum atomic E-state index is 13.2. The second-order valence-electron chi connectivity index (χ2n) is 10.9. The summed E-state index contributed by atoms with van der Waals surface area (Å²) in [5, 5.41) is 3.50. The van der Waals surface area contributed by atoms with E-state index in [9.17, 15) is 13.2 Å².